The van der Waals surface area contributed by atoms with E-state index in [9.17, 15) is 18.0 Å². The lowest BCUT2D eigenvalue weighted by molar-refractivity contribution is -0.149. The fraction of sp³-hybridized carbons (Fsp3) is 0.211. The predicted octanol–water partition coefficient (Wildman–Crippen LogP) is 2.30. The Morgan fingerprint density at radius 3 is 2.41 bits per heavy atom. The molecule has 1 aliphatic heterocycles. The van der Waals surface area contributed by atoms with Crippen molar-refractivity contribution in [3.8, 4) is 0 Å². The van der Waals surface area contributed by atoms with Gasteiger partial charge in [-0.3, -0.25) is 4.79 Å². The van der Waals surface area contributed by atoms with Gasteiger partial charge in [0.15, 0.2) is 5.84 Å². The van der Waals surface area contributed by atoms with E-state index in [-0.39, 0.29) is 23.6 Å². The van der Waals surface area contributed by atoms with Gasteiger partial charge < -0.3 is 10.6 Å². The van der Waals surface area contributed by atoms with E-state index in [1.54, 1.807) is 36.4 Å². The molecular formula is C19H18BrN3O5S. The SMILES string of the molecule is Cc1ccc(S(=O)(=O)N2C(=O)CC[C@H]2C(=O)ON=C(N)c2ccc(Br)cc2)cc1. The minimum Gasteiger partial charge on any atom is -0.380 e. The maximum absolute atomic E-state index is 12.9. The van der Waals surface area contributed by atoms with E-state index in [0.717, 1.165) is 10.0 Å². The fourth-order valence-electron chi connectivity index (χ4n) is 2.83. The van der Waals surface area contributed by atoms with Gasteiger partial charge in [0.05, 0.1) is 4.90 Å². The number of hydrogen-bond donors (Lipinski definition) is 1. The van der Waals surface area contributed by atoms with Crippen LogP contribution in [-0.4, -0.2) is 36.5 Å². The lowest BCUT2D eigenvalue weighted by atomic mass is 10.2. The third-order valence-electron chi connectivity index (χ3n) is 4.38. The minimum absolute atomic E-state index is 0.0104. The Morgan fingerprint density at radius 1 is 1.17 bits per heavy atom. The number of rotatable bonds is 5. The molecule has 2 N–H and O–H groups in total. The third kappa shape index (κ3) is 4.48. The van der Waals surface area contributed by atoms with Crippen molar-refractivity contribution >= 4 is 43.7 Å². The summed E-state index contributed by atoms with van der Waals surface area (Å²) in [6.07, 6.45) is -0.0762. The largest absolute Gasteiger partial charge is 0.380 e. The van der Waals surface area contributed by atoms with Gasteiger partial charge in [-0.15, -0.1) is 0 Å². The Labute approximate surface area is 176 Å². The summed E-state index contributed by atoms with van der Waals surface area (Å²) in [7, 11) is -4.20. The van der Waals surface area contributed by atoms with Gasteiger partial charge in [-0.1, -0.05) is 50.9 Å². The number of carbonyl (C=O) groups excluding carboxylic acids is 2. The first kappa shape index (κ1) is 21.0. The Kier molecular flexibility index (Phi) is 6.04. The molecule has 0 aromatic heterocycles. The zero-order chi connectivity index (χ0) is 21.2. The number of nitrogens with zero attached hydrogens (tertiary/aromatic N) is 2. The Balaban J connectivity index is 1.80. The quantitative estimate of drug-likeness (QED) is 0.304. The first-order chi connectivity index (χ1) is 13.7. The molecule has 1 saturated heterocycles. The minimum atomic E-state index is -4.20. The zero-order valence-electron chi connectivity index (χ0n) is 15.4. The van der Waals surface area contributed by atoms with E-state index < -0.39 is 27.9 Å². The van der Waals surface area contributed by atoms with Crippen molar-refractivity contribution in [2.45, 2.75) is 30.7 Å². The number of benzene rings is 2. The summed E-state index contributed by atoms with van der Waals surface area (Å²) in [5.41, 5.74) is 7.19. The molecule has 3 rings (SSSR count). The number of carbonyl (C=O) groups is 2. The summed E-state index contributed by atoms with van der Waals surface area (Å²) >= 11 is 3.29. The van der Waals surface area contributed by atoms with Crippen LogP contribution in [0.4, 0.5) is 0 Å². The smallest absolute Gasteiger partial charge is 0.358 e. The average Bonchev–Trinajstić information content (AvgIpc) is 3.09. The highest BCUT2D eigenvalue weighted by molar-refractivity contribution is 9.10. The van der Waals surface area contributed by atoms with Gasteiger partial charge in [-0.05, 0) is 37.6 Å². The lowest BCUT2D eigenvalue weighted by Gasteiger charge is -2.22. The highest BCUT2D eigenvalue weighted by atomic mass is 79.9. The van der Waals surface area contributed by atoms with Gasteiger partial charge in [-0.25, -0.2) is 17.5 Å². The van der Waals surface area contributed by atoms with Crippen LogP contribution in [0, 0.1) is 6.92 Å². The zero-order valence-corrected chi connectivity index (χ0v) is 17.8. The molecule has 1 fully saturated rings. The number of amidine groups is 1. The second-order valence-corrected chi connectivity index (χ2v) is 9.19. The molecule has 0 bridgehead atoms. The molecule has 0 unspecified atom stereocenters. The average molecular weight is 480 g/mol. The number of hydrogen-bond acceptors (Lipinski definition) is 6. The van der Waals surface area contributed by atoms with Crippen molar-refractivity contribution < 1.29 is 22.8 Å². The molecule has 2 aromatic carbocycles. The molecule has 1 amide bonds. The van der Waals surface area contributed by atoms with Crippen molar-refractivity contribution in [2.24, 2.45) is 10.9 Å². The van der Waals surface area contributed by atoms with Crippen LogP contribution in [0.3, 0.4) is 0 Å². The molecule has 0 aliphatic carbocycles. The van der Waals surface area contributed by atoms with Crippen molar-refractivity contribution in [3.63, 3.8) is 0 Å². The maximum Gasteiger partial charge on any atom is 0.358 e. The Hall–Kier alpha value is -2.72. The number of sulfonamides is 1. The summed E-state index contributed by atoms with van der Waals surface area (Å²) < 4.78 is 27.2. The molecule has 0 saturated carbocycles. The molecule has 0 spiro atoms. The van der Waals surface area contributed by atoms with Crippen LogP contribution < -0.4 is 5.73 Å². The normalized spacial score (nSPS) is 17.4. The third-order valence-corrected chi connectivity index (χ3v) is 6.76. The van der Waals surface area contributed by atoms with Crippen LogP contribution in [0.5, 0.6) is 0 Å². The molecule has 1 heterocycles. The lowest BCUT2D eigenvalue weighted by Crippen LogP contribution is -2.43. The summed E-state index contributed by atoms with van der Waals surface area (Å²) in [5, 5.41) is 3.59. The Bertz CT molecular complexity index is 1070. The molecule has 10 heteroatoms. The van der Waals surface area contributed by atoms with E-state index in [4.69, 9.17) is 10.6 Å². The summed E-state index contributed by atoms with van der Waals surface area (Å²) in [6.45, 7) is 1.81. The van der Waals surface area contributed by atoms with Gasteiger partial charge in [0.2, 0.25) is 5.91 Å². The summed E-state index contributed by atoms with van der Waals surface area (Å²) in [6, 6.07) is 11.5. The van der Waals surface area contributed by atoms with Gasteiger partial charge in [0.25, 0.3) is 10.0 Å². The van der Waals surface area contributed by atoms with Crippen LogP contribution in [0.1, 0.15) is 24.0 Å². The molecule has 2 aromatic rings. The number of amides is 1. The molecule has 8 nitrogen and oxygen atoms in total. The van der Waals surface area contributed by atoms with E-state index >= 15 is 0 Å². The van der Waals surface area contributed by atoms with Crippen LogP contribution >= 0.6 is 15.9 Å². The van der Waals surface area contributed by atoms with E-state index in [0.29, 0.717) is 9.87 Å². The maximum atomic E-state index is 12.9. The van der Waals surface area contributed by atoms with Crippen LogP contribution in [0.2, 0.25) is 0 Å². The van der Waals surface area contributed by atoms with Crippen LogP contribution in [0.25, 0.3) is 0 Å². The molecule has 1 aliphatic rings. The topological polar surface area (TPSA) is 119 Å². The van der Waals surface area contributed by atoms with Crippen LogP contribution in [-0.2, 0) is 24.4 Å². The summed E-state index contributed by atoms with van der Waals surface area (Å²) in [5.74, 6) is -1.69. The second kappa shape index (κ2) is 8.34. The molecule has 29 heavy (non-hydrogen) atoms. The van der Waals surface area contributed by atoms with Crippen LogP contribution in [0.15, 0.2) is 63.1 Å². The van der Waals surface area contributed by atoms with Crippen molar-refractivity contribution in [3.05, 3.63) is 64.1 Å². The van der Waals surface area contributed by atoms with Gasteiger partial charge in [0, 0.05) is 16.5 Å². The fourth-order valence-corrected chi connectivity index (χ4v) is 4.69. The number of aryl methyl sites for hydroxylation is 1. The standard InChI is InChI=1S/C19H18BrN3O5S/c1-12-2-8-15(9-3-12)29(26,27)23-16(10-11-17(23)24)19(25)28-22-18(21)13-4-6-14(20)7-5-13/h2-9,16H,10-11H2,1H3,(H2,21,22)/t16-/m0/s1. The first-order valence-corrected chi connectivity index (χ1v) is 10.9. The van der Waals surface area contributed by atoms with Gasteiger partial charge >= 0.3 is 5.97 Å². The monoisotopic (exact) mass is 479 g/mol. The van der Waals surface area contributed by atoms with Crippen molar-refractivity contribution in [2.75, 3.05) is 0 Å². The van der Waals surface area contributed by atoms with E-state index in [2.05, 4.69) is 21.1 Å². The number of nitrogens with two attached hydrogens (primary N) is 1. The predicted molar refractivity (Wildman–Crippen MR) is 109 cm³/mol. The van der Waals surface area contributed by atoms with Gasteiger partial charge in [0.1, 0.15) is 6.04 Å². The van der Waals surface area contributed by atoms with E-state index in [1.165, 1.54) is 12.1 Å². The highest BCUT2D eigenvalue weighted by Gasteiger charge is 2.45. The first-order valence-electron chi connectivity index (χ1n) is 8.64. The highest BCUT2D eigenvalue weighted by Crippen LogP contribution is 2.28. The van der Waals surface area contributed by atoms with Crippen molar-refractivity contribution in [1.82, 2.24) is 4.31 Å². The van der Waals surface area contributed by atoms with Gasteiger partial charge in [-0.2, -0.15) is 0 Å². The second-order valence-electron chi connectivity index (χ2n) is 6.46. The summed E-state index contributed by atoms with van der Waals surface area (Å²) in [4.78, 5) is 29.5. The Morgan fingerprint density at radius 2 is 1.79 bits per heavy atom. The number of halogens is 1. The molecule has 0 radical (unpaired) electrons. The molecule has 1 atom stereocenters. The van der Waals surface area contributed by atoms with E-state index in [1.807, 2.05) is 6.92 Å². The number of oxime groups is 1. The molecule has 152 valence electrons. The molecular weight excluding hydrogens is 462 g/mol. The van der Waals surface area contributed by atoms with Crippen molar-refractivity contribution in [1.29, 1.82) is 0 Å².